The van der Waals surface area contributed by atoms with Gasteiger partial charge in [0.15, 0.2) is 0 Å². The fourth-order valence-electron chi connectivity index (χ4n) is 3.25. The van der Waals surface area contributed by atoms with Gasteiger partial charge in [-0.15, -0.1) is 11.8 Å². The quantitative estimate of drug-likeness (QED) is 0.707. The van der Waals surface area contributed by atoms with Crippen LogP contribution in [0.4, 0.5) is 5.69 Å². The molecule has 0 saturated carbocycles. The maximum atomic E-state index is 12.7. The summed E-state index contributed by atoms with van der Waals surface area (Å²) < 4.78 is 0. The predicted molar refractivity (Wildman–Crippen MR) is 120 cm³/mol. The minimum Gasteiger partial charge on any atom is -0.350 e. The van der Waals surface area contributed by atoms with Crippen molar-refractivity contribution in [1.82, 2.24) is 10.2 Å². The van der Waals surface area contributed by atoms with Crippen LogP contribution in [0.15, 0.2) is 47.4 Å². The van der Waals surface area contributed by atoms with Crippen LogP contribution >= 0.6 is 23.4 Å². The summed E-state index contributed by atoms with van der Waals surface area (Å²) in [6.45, 7) is 5.29. The van der Waals surface area contributed by atoms with Gasteiger partial charge in [0.05, 0.1) is 11.4 Å². The summed E-state index contributed by atoms with van der Waals surface area (Å²) in [6, 6.07) is 12.6. The predicted octanol–water partition coefficient (Wildman–Crippen LogP) is 3.58. The molecule has 0 unspecified atom stereocenters. The number of benzene rings is 2. The van der Waals surface area contributed by atoms with Gasteiger partial charge in [-0.1, -0.05) is 23.7 Å². The number of hydrogen-bond acceptors (Lipinski definition) is 4. The molecule has 158 valence electrons. The van der Waals surface area contributed by atoms with Crippen molar-refractivity contribution in [3.63, 3.8) is 0 Å². The summed E-state index contributed by atoms with van der Waals surface area (Å²) in [5.74, 6) is -0.256. The maximum absolute atomic E-state index is 12.7. The number of anilines is 1. The third-order valence-electron chi connectivity index (χ3n) is 4.88. The van der Waals surface area contributed by atoms with E-state index in [1.807, 2.05) is 32.0 Å². The van der Waals surface area contributed by atoms with E-state index in [2.05, 4.69) is 5.32 Å². The molecule has 0 atom stereocenters. The molecule has 0 aromatic heterocycles. The van der Waals surface area contributed by atoms with Gasteiger partial charge in [-0.2, -0.15) is 0 Å². The SMILES string of the molecule is CCN(CC)C(=O)c1ccc2c(c1)N(CC(=O)NCc1cccc(Cl)c1)C(=O)CS2. The Morgan fingerprint density at radius 1 is 1.17 bits per heavy atom. The smallest absolute Gasteiger partial charge is 0.253 e. The Bertz CT molecular complexity index is 962. The van der Waals surface area contributed by atoms with Crippen LogP contribution < -0.4 is 10.2 Å². The molecule has 0 aliphatic carbocycles. The molecule has 0 spiro atoms. The van der Waals surface area contributed by atoms with Gasteiger partial charge in [-0.05, 0) is 49.7 Å². The first-order valence-corrected chi connectivity index (χ1v) is 11.2. The lowest BCUT2D eigenvalue weighted by atomic mass is 10.1. The summed E-state index contributed by atoms with van der Waals surface area (Å²) in [5.41, 5.74) is 1.99. The lowest BCUT2D eigenvalue weighted by molar-refractivity contribution is -0.123. The molecule has 1 N–H and O–H groups in total. The van der Waals surface area contributed by atoms with Crippen molar-refractivity contribution in [2.45, 2.75) is 25.3 Å². The van der Waals surface area contributed by atoms with Gasteiger partial charge < -0.3 is 15.1 Å². The average Bonchev–Trinajstić information content (AvgIpc) is 2.75. The number of hydrogen-bond donors (Lipinski definition) is 1. The van der Waals surface area contributed by atoms with E-state index in [9.17, 15) is 14.4 Å². The Morgan fingerprint density at radius 2 is 1.93 bits per heavy atom. The van der Waals surface area contributed by atoms with E-state index in [1.54, 1.807) is 29.2 Å². The molecule has 3 rings (SSSR count). The normalized spacial score (nSPS) is 13.0. The Hall–Kier alpha value is -2.51. The standard InChI is InChI=1S/C22H24ClN3O3S/c1-3-25(4-2)22(29)16-8-9-19-18(11-16)26(21(28)14-30-19)13-20(27)24-12-15-6-5-7-17(23)10-15/h5-11H,3-4,12-14H2,1-2H3,(H,24,27). The lowest BCUT2D eigenvalue weighted by Crippen LogP contribution is -2.43. The van der Waals surface area contributed by atoms with Crippen LogP contribution in [0.2, 0.25) is 5.02 Å². The fraction of sp³-hybridized carbons (Fsp3) is 0.318. The zero-order chi connectivity index (χ0) is 21.7. The number of carbonyl (C=O) groups excluding carboxylic acids is 3. The number of fused-ring (bicyclic) bond motifs is 1. The number of carbonyl (C=O) groups is 3. The van der Waals surface area contributed by atoms with Crippen LogP contribution in [0.3, 0.4) is 0 Å². The molecule has 1 aliphatic heterocycles. The molecule has 3 amide bonds. The van der Waals surface area contributed by atoms with Crippen molar-refractivity contribution >= 4 is 46.8 Å². The summed E-state index contributed by atoms with van der Waals surface area (Å²) in [4.78, 5) is 41.9. The van der Waals surface area contributed by atoms with Crippen LogP contribution in [0.1, 0.15) is 29.8 Å². The Labute approximate surface area is 185 Å². The summed E-state index contributed by atoms with van der Waals surface area (Å²) in [7, 11) is 0. The van der Waals surface area contributed by atoms with Gasteiger partial charge in [-0.25, -0.2) is 0 Å². The molecule has 0 radical (unpaired) electrons. The minimum atomic E-state index is -0.276. The van der Waals surface area contributed by atoms with Crippen LogP contribution in [-0.4, -0.2) is 48.0 Å². The summed E-state index contributed by atoms with van der Waals surface area (Å²) in [5, 5.41) is 3.43. The average molecular weight is 446 g/mol. The van der Waals surface area contributed by atoms with E-state index in [4.69, 9.17) is 11.6 Å². The Balaban J connectivity index is 1.75. The van der Waals surface area contributed by atoms with Gasteiger partial charge in [0.2, 0.25) is 11.8 Å². The van der Waals surface area contributed by atoms with Crippen molar-refractivity contribution in [2.24, 2.45) is 0 Å². The van der Waals surface area contributed by atoms with Gasteiger partial charge in [0.25, 0.3) is 5.91 Å². The number of amides is 3. The zero-order valence-electron chi connectivity index (χ0n) is 17.0. The molecular formula is C22H24ClN3O3S. The van der Waals surface area contributed by atoms with Crippen LogP contribution in [0.25, 0.3) is 0 Å². The van der Waals surface area contributed by atoms with Gasteiger partial charge in [0.1, 0.15) is 6.54 Å². The molecule has 2 aromatic carbocycles. The molecule has 8 heteroatoms. The number of rotatable bonds is 7. The first kappa shape index (κ1) is 22.2. The van der Waals surface area contributed by atoms with Crippen LogP contribution in [-0.2, 0) is 16.1 Å². The highest BCUT2D eigenvalue weighted by molar-refractivity contribution is 8.00. The van der Waals surface area contributed by atoms with Gasteiger partial charge in [0, 0.05) is 35.1 Å². The molecule has 1 aliphatic rings. The van der Waals surface area contributed by atoms with E-state index in [0.717, 1.165) is 10.5 Å². The number of halogens is 1. The Kier molecular flexibility index (Phi) is 7.39. The largest absolute Gasteiger partial charge is 0.350 e. The number of nitrogens with zero attached hydrogens (tertiary/aromatic N) is 2. The second-order valence-corrected chi connectivity index (χ2v) is 8.29. The number of thioether (sulfide) groups is 1. The monoisotopic (exact) mass is 445 g/mol. The summed E-state index contributed by atoms with van der Waals surface area (Å²) in [6.07, 6.45) is 0. The van der Waals surface area contributed by atoms with Crippen LogP contribution in [0.5, 0.6) is 0 Å². The minimum absolute atomic E-state index is 0.0869. The zero-order valence-corrected chi connectivity index (χ0v) is 18.6. The molecule has 0 bridgehead atoms. The molecule has 30 heavy (non-hydrogen) atoms. The van der Waals surface area contributed by atoms with E-state index >= 15 is 0 Å². The van der Waals surface area contributed by atoms with E-state index < -0.39 is 0 Å². The molecule has 1 heterocycles. The molecule has 0 fully saturated rings. The second kappa shape index (κ2) is 10.00. The lowest BCUT2D eigenvalue weighted by Gasteiger charge is -2.29. The van der Waals surface area contributed by atoms with Crippen molar-refractivity contribution in [3.8, 4) is 0 Å². The van der Waals surface area contributed by atoms with E-state index in [-0.39, 0.29) is 30.0 Å². The number of nitrogens with one attached hydrogen (secondary N) is 1. The van der Waals surface area contributed by atoms with Gasteiger partial charge in [-0.3, -0.25) is 14.4 Å². The van der Waals surface area contributed by atoms with Crippen molar-refractivity contribution < 1.29 is 14.4 Å². The third kappa shape index (κ3) is 5.15. The first-order chi connectivity index (χ1) is 14.4. The van der Waals surface area contributed by atoms with Crippen molar-refractivity contribution in [1.29, 1.82) is 0 Å². The molecule has 0 saturated heterocycles. The highest BCUT2D eigenvalue weighted by atomic mass is 35.5. The Morgan fingerprint density at radius 3 is 2.63 bits per heavy atom. The first-order valence-electron chi connectivity index (χ1n) is 9.80. The second-order valence-electron chi connectivity index (χ2n) is 6.84. The third-order valence-corrected chi connectivity index (χ3v) is 6.16. The molecular weight excluding hydrogens is 422 g/mol. The van der Waals surface area contributed by atoms with E-state index in [1.165, 1.54) is 16.7 Å². The highest BCUT2D eigenvalue weighted by Gasteiger charge is 2.28. The van der Waals surface area contributed by atoms with E-state index in [0.29, 0.717) is 35.9 Å². The van der Waals surface area contributed by atoms with Crippen LogP contribution in [0, 0.1) is 0 Å². The van der Waals surface area contributed by atoms with Crippen molar-refractivity contribution in [3.05, 3.63) is 58.6 Å². The molecule has 2 aromatic rings. The molecule has 6 nitrogen and oxygen atoms in total. The van der Waals surface area contributed by atoms with Gasteiger partial charge >= 0.3 is 0 Å². The summed E-state index contributed by atoms with van der Waals surface area (Å²) >= 11 is 7.39. The topological polar surface area (TPSA) is 69.7 Å². The van der Waals surface area contributed by atoms with Crippen molar-refractivity contribution in [2.75, 3.05) is 30.3 Å². The maximum Gasteiger partial charge on any atom is 0.253 e. The fourth-order valence-corrected chi connectivity index (χ4v) is 4.38. The highest BCUT2D eigenvalue weighted by Crippen LogP contribution is 2.36.